The van der Waals surface area contributed by atoms with Crippen molar-refractivity contribution in [2.45, 2.75) is 37.5 Å². The molecule has 1 fully saturated rings. The predicted molar refractivity (Wildman–Crippen MR) is 74.5 cm³/mol. The zero-order chi connectivity index (χ0) is 13.2. The second kappa shape index (κ2) is 5.57. The van der Waals surface area contributed by atoms with Gasteiger partial charge in [-0.15, -0.1) is 0 Å². The molecule has 0 amide bonds. The van der Waals surface area contributed by atoms with E-state index in [-0.39, 0.29) is 17.0 Å². The molecule has 1 aromatic rings. The van der Waals surface area contributed by atoms with Gasteiger partial charge in [0.15, 0.2) is 11.6 Å². The second-order valence-electron chi connectivity index (χ2n) is 5.02. The van der Waals surface area contributed by atoms with E-state index >= 15 is 0 Å². The maximum absolute atomic E-state index is 13.8. The lowest BCUT2D eigenvalue weighted by atomic mass is 9.69. The van der Waals surface area contributed by atoms with E-state index in [9.17, 15) is 4.39 Å². The first kappa shape index (κ1) is 13.8. The lowest BCUT2D eigenvalue weighted by Gasteiger charge is -2.37. The van der Waals surface area contributed by atoms with Gasteiger partial charge in [0.05, 0.1) is 11.6 Å². The Bertz CT molecular complexity index is 430. The van der Waals surface area contributed by atoms with Gasteiger partial charge in [-0.25, -0.2) is 4.39 Å². The predicted octanol–water partition coefficient (Wildman–Crippen LogP) is 3.76. The molecule has 1 aromatic carbocycles. The first-order chi connectivity index (χ1) is 8.63. The van der Waals surface area contributed by atoms with Gasteiger partial charge in [-0.2, -0.15) is 0 Å². The van der Waals surface area contributed by atoms with Crippen molar-refractivity contribution in [3.63, 3.8) is 0 Å². The van der Waals surface area contributed by atoms with Crippen LogP contribution in [0, 0.1) is 5.82 Å². The fraction of sp³-hybridized carbons (Fsp3) is 0.571. The standard InChI is InChI=1S/C14H19BrFNO/c1-18-12-8-10(7-11(15)13(12)16)14(9-17)5-3-2-4-6-14/h7-8H,2-6,9,17H2,1H3. The van der Waals surface area contributed by atoms with E-state index < -0.39 is 0 Å². The molecule has 4 heteroatoms. The van der Waals surface area contributed by atoms with E-state index in [1.54, 1.807) is 6.07 Å². The SMILES string of the molecule is COc1cc(C2(CN)CCCCC2)cc(Br)c1F. The summed E-state index contributed by atoms with van der Waals surface area (Å²) in [5.41, 5.74) is 7.08. The summed E-state index contributed by atoms with van der Waals surface area (Å²) in [5.74, 6) is -0.0537. The maximum atomic E-state index is 13.8. The number of nitrogens with two attached hydrogens (primary N) is 1. The van der Waals surface area contributed by atoms with Crippen LogP contribution in [-0.2, 0) is 5.41 Å². The Labute approximate surface area is 116 Å². The van der Waals surface area contributed by atoms with Crippen molar-refractivity contribution >= 4 is 15.9 Å². The minimum atomic E-state index is -0.343. The molecular formula is C14H19BrFNO. The van der Waals surface area contributed by atoms with Crippen molar-refractivity contribution < 1.29 is 9.13 Å². The quantitative estimate of drug-likeness (QED) is 0.921. The highest BCUT2D eigenvalue weighted by Gasteiger charge is 2.33. The van der Waals surface area contributed by atoms with E-state index in [1.165, 1.54) is 26.4 Å². The molecule has 2 rings (SSSR count). The summed E-state index contributed by atoms with van der Waals surface area (Å²) in [5, 5.41) is 0. The summed E-state index contributed by atoms with van der Waals surface area (Å²) in [4.78, 5) is 0. The summed E-state index contributed by atoms with van der Waals surface area (Å²) in [6.07, 6.45) is 5.79. The fourth-order valence-electron chi connectivity index (χ4n) is 2.86. The van der Waals surface area contributed by atoms with E-state index in [0.29, 0.717) is 11.0 Å². The molecule has 1 saturated carbocycles. The maximum Gasteiger partial charge on any atom is 0.179 e. The second-order valence-corrected chi connectivity index (χ2v) is 5.87. The van der Waals surface area contributed by atoms with Crippen LogP contribution in [0.1, 0.15) is 37.7 Å². The average molecular weight is 316 g/mol. The van der Waals surface area contributed by atoms with Gasteiger partial charge in [0.25, 0.3) is 0 Å². The van der Waals surface area contributed by atoms with Gasteiger partial charge in [0.1, 0.15) is 0 Å². The summed E-state index contributed by atoms with van der Waals surface area (Å²) in [6, 6.07) is 3.66. The van der Waals surface area contributed by atoms with Crippen LogP contribution in [0.5, 0.6) is 5.75 Å². The third-order valence-corrected chi connectivity index (χ3v) is 4.61. The Hall–Kier alpha value is -0.610. The zero-order valence-electron chi connectivity index (χ0n) is 10.6. The first-order valence-corrected chi connectivity index (χ1v) is 7.16. The number of halogens is 2. The first-order valence-electron chi connectivity index (χ1n) is 6.36. The van der Waals surface area contributed by atoms with Crippen LogP contribution in [0.25, 0.3) is 0 Å². The van der Waals surface area contributed by atoms with Gasteiger partial charge in [-0.1, -0.05) is 19.3 Å². The molecule has 0 unspecified atom stereocenters. The van der Waals surface area contributed by atoms with Crippen LogP contribution in [0.3, 0.4) is 0 Å². The largest absolute Gasteiger partial charge is 0.494 e. The van der Waals surface area contributed by atoms with Crippen molar-refractivity contribution in [1.82, 2.24) is 0 Å². The number of ether oxygens (including phenoxy) is 1. The molecule has 1 aliphatic carbocycles. The normalized spacial score (nSPS) is 18.7. The van der Waals surface area contributed by atoms with Crippen molar-refractivity contribution in [3.05, 3.63) is 28.0 Å². The molecule has 0 bridgehead atoms. The summed E-state index contributed by atoms with van der Waals surface area (Å²) < 4.78 is 19.3. The van der Waals surface area contributed by atoms with Gasteiger partial charge in [-0.3, -0.25) is 0 Å². The molecule has 2 N–H and O–H groups in total. The van der Waals surface area contributed by atoms with Crippen LogP contribution in [0.4, 0.5) is 4.39 Å². The number of benzene rings is 1. The Morgan fingerprint density at radius 2 is 2.00 bits per heavy atom. The molecule has 1 aliphatic rings. The molecule has 0 radical (unpaired) electrons. The summed E-state index contributed by atoms with van der Waals surface area (Å²) in [7, 11) is 1.49. The van der Waals surface area contributed by atoms with Crippen LogP contribution in [0.2, 0.25) is 0 Å². The van der Waals surface area contributed by atoms with E-state index in [2.05, 4.69) is 15.9 Å². The fourth-order valence-corrected chi connectivity index (χ4v) is 3.30. The highest BCUT2D eigenvalue weighted by molar-refractivity contribution is 9.10. The van der Waals surface area contributed by atoms with Gasteiger partial charge in [0.2, 0.25) is 0 Å². The minimum Gasteiger partial charge on any atom is -0.494 e. The molecule has 0 atom stereocenters. The minimum absolute atomic E-state index is 0.0122. The summed E-state index contributed by atoms with van der Waals surface area (Å²) in [6.45, 7) is 0.605. The number of hydrogen-bond acceptors (Lipinski definition) is 2. The van der Waals surface area contributed by atoms with E-state index in [0.717, 1.165) is 18.4 Å². The van der Waals surface area contributed by atoms with Crippen LogP contribution < -0.4 is 10.5 Å². The van der Waals surface area contributed by atoms with Gasteiger partial charge in [-0.05, 0) is 46.5 Å². The average Bonchev–Trinajstić information content (AvgIpc) is 2.42. The molecular weight excluding hydrogens is 297 g/mol. The van der Waals surface area contributed by atoms with Gasteiger partial charge >= 0.3 is 0 Å². The van der Waals surface area contributed by atoms with Crippen molar-refractivity contribution in [2.75, 3.05) is 13.7 Å². The van der Waals surface area contributed by atoms with Gasteiger partial charge in [0, 0.05) is 12.0 Å². The molecule has 0 saturated heterocycles. The Morgan fingerprint density at radius 3 is 2.56 bits per heavy atom. The van der Waals surface area contributed by atoms with Crippen LogP contribution in [0.15, 0.2) is 16.6 Å². The lowest BCUT2D eigenvalue weighted by molar-refractivity contribution is 0.298. The molecule has 0 spiro atoms. The highest BCUT2D eigenvalue weighted by Crippen LogP contribution is 2.41. The van der Waals surface area contributed by atoms with E-state index in [1.807, 2.05) is 6.07 Å². The Morgan fingerprint density at radius 1 is 1.33 bits per heavy atom. The van der Waals surface area contributed by atoms with Crippen LogP contribution in [-0.4, -0.2) is 13.7 Å². The highest BCUT2D eigenvalue weighted by atomic mass is 79.9. The van der Waals surface area contributed by atoms with Crippen molar-refractivity contribution in [1.29, 1.82) is 0 Å². The monoisotopic (exact) mass is 315 g/mol. The van der Waals surface area contributed by atoms with E-state index in [4.69, 9.17) is 10.5 Å². The zero-order valence-corrected chi connectivity index (χ0v) is 12.2. The molecule has 0 aliphatic heterocycles. The van der Waals surface area contributed by atoms with Gasteiger partial charge < -0.3 is 10.5 Å². The smallest absolute Gasteiger partial charge is 0.179 e. The molecule has 100 valence electrons. The number of methoxy groups -OCH3 is 1. The number of hydrogen-bond donors (Lipinski definition) is 1. The lowest BCUT2D eigenvalue weighted by Crippen LogP contribution is -2.37. The molecule has 18 heavy (non-hydrogen) atoms. The topological polar surface area (TPSA) is 35.2 Å². The third-order valence-electron chi connectivity index (χ3n) is 4.03. The summed E-state index contributed by atoms with van der Waals surface area (Å²) >= 11 is 3.26. The number of rotatable bonds is 3. The molecule has 0 aromatic heterocycles. The van der Waals surface area contributed by atoms with Crippen LogP contribution >= 0.6 is 15.9 Å². The third kappa shape index (κ3) is 2.41. The molecule has 0 heterocycles. The Balaban J connectivity index is 2.45. The molecule has 2 nitrogen and oxygen atoms in total. The van der Waals surface area contributed by atoms with Crippen molar-refractivity contribution in [2.24, 2.45) is 5.73 Å². The van der Waals surface area contributed by atoms with Crippen molar-refractivity contribution in [3.8, 4) is 5.75 Å². The Kier molecular flexibility index (Phi) is 4.28.